The molecule has 0 unspecified atom stereocenters. The van der Waals surface area contributed by atoms with E-state index in [1.165, 1.54) is 28.4 Å². The number of rotatable bonds is 10. The van der Waals surface area contributed by atoms with Crippen LogP contribution in [0.15, 0.2) is 42.5 Å². The summed E-state index contributed by atoms with van der Waals surface area (Å²) in [5, 5.41) is 25.1. The predicted molar refractivity (Wildman–Crippen MR) is 151 cm³/mol. The lowest BCUT2D eigenvalue weighted by molar-refractivity contribution is -0.131. The van der Waals surface area contributed by atoms with Crippen molar-refractivity contribution in [3.8, 4) is 40.2 Å². The summed E-state index contributed by atoms with van der Waals surface area (Å²) in [6.07, 6.45) is -1.15. The average Bonchev–Trinajstić information content (AvgIpc) is 3.49. The largest absolute Gasteiger partial charge is 0.493 e. The molecular formula is C31H35NO10. The number of hydrogen-bond acceptors (Lipinski definition) is 10. The van der Waals surface area contributed by atoms with Gasteiger partial charge in [-0.15, -0.1) is 0 Å². The third-order valence-electron chi connectivity index (χ3n) is 7.96. The Labute approximate surface area is 243 Å². The summed E-state index contributed by atoms with van der Waals surface area (Å²) in [4.78, 5) is 14.2. The molecule has 2 aliphatic rings. The standard InChI is InChI=1S/C31H35NO10/c1-36-21-8-6-7-16(29(21)39-4)13-32-31(35)27-20(14-33)28(34)19-12-23-22(41-15-42-23)11-18(19)26(27)17-9-24(37-2)30(40-5)25(10-17)38-3/h6-12,20,26-28,33-34H,13-15H2,1-5H3,(H,32,35)/t20-,26+,27-,28-/m0/s1. The smallest absolute Gasteiger partial charge is 0.231 e. The van der Waals surface area contributed by atoms with Gasteiger partial charge in [-0.25, -0.2) is 0 Å². The zero-order valence-electron chi connectivity index (χ0n) is 24.1. The number of carbonyl (C=O) groups excluding carboxylic acids is 1. The van der Waals surface area contributed by atoms with Gasteiger partial charge in [-0.2, -0.15) is 0 Å². The molecule has 0 spiro atoms. The number of aliphatic hydroxyl groups is 2. The second-order valence-corrected chi connectivity index (χ2v) is 9.96. The van der Waals surface area contributed by atoms with Crippen LogP contribution in [0.1, 0.15) is 34.3 Å². The van der Waals surface area contributed by atoms with Crippen molar-refractivity contribution in [2.45, 2.75) is 18.6 Å². The highest BCUT2D eigenvalue weighted by molar-refractivity contribution is 5.82. The molecule has 42 heavy (non-hydrogen) atoms. The van der Waals surface area contributed by atoms with Gasteiger partial charge >= 0.3 is 0 Å². The third-order valence-corrected chi connectivity index (χ3v) is 7.96. The second kappa shape index (κ2) is 12.3. The van der Waals surface area contributed by atoms with Crippen LogP contribution in [0.4, 0.5) is 0 Å². The molecular weight excluding hydrogens is 546 g/mol. The first kappa shape index (κ1) is 29.2. The van der Waals surface area contributed by atoms with Crippen LogP contribution in [-0.4, -0.2) is 65.1 Å². The quantitative estimate of drug-likeness (QED) is 0.328. The van der Waals surface area contributed by atoms with Crippen molar-refractivity contribution in [1.82, 2.24) is 5.32 Å². The third kappa shape index (κ3) is 4.99. The first-order chi connectivity index (χ1) is 20.4. The maximum absolute atomic E-state index is 14.2. The predicted octanol–water partition coefficient (Wildman–Crippen LogP) is 3.18. The van der Waals surface area contributed by atoms with Crippen molar-refractivity contribution in [2.75, 3.05) is 48.9 Å². The summed E-state index contributed by atoms with van der Waals surface area (Å²) in [5.41, 5.74) is 2.56. The van der Waals surface area contributed by atoms with Crippen molar-refractivity contribution >= 4 is 5.91 Å². The maximum atomic E-state index is 14.2. The molecule has 1 heterocycles. The molecule has 3 N–H and O–H groups in total. The second-order valence-electron chi connectivity index (χ2n) is 9.96. The molecule has 4 atom stereocenters. The number of ether oxygens (including phenoxy) is 7. The highest BCUT2D eigenvalue weighted by Gasteiger charge is 2.47. The molecule has 11 nitrogen and oxygen atoms in total. The van der Waals surface area contributed by atoms with Gasteiger partial charge in [-0.3, -0.25) is 4.79 Å². The minimum atomic E-state index is -1.15. The van der Waals surface area contributed by atoms with E-state index in [0.717, 1.165) is 0 Å². The molecule has 0 saturated heterocycles. The van der Waals surface area contributed by atoms with Gasteiger partial charge in [0, 0.05) is 30.6 Å². The molecule has 1 aliphatic heterocycles. The normalized spacial score (nSPS) is 20.4. The van der Waals surface area contributed by atoms with E-state index in [2.05, 4.69) is 5.32 Å². The van der Waals surface area contributed by atoms with Crippen LogP contribution < -0.4 is 38.5 Å². The van der Waals surface area contributed by atoms with Gasteiger partial charge in [0.2, 0.25) is 18.4 Å². The number of amides is 1. The molecule has 3 aromatic carbocycles. The monoisotopic (exact) mass is 581 g/mol. The fraction of sp³-hybridized carbons (Fsp3) is 0.387. The molecule has 1 aliphatic carbocycles. The lowest BCUT2D eigenvalue weighted by Crippen LogP contribution is -2.45. The van der Waals surface area contributed by atoms with Crippen molar-refractivity contribution in [3.05, 3.63) is 64.7 Å². The number of benzene rings is 3. The number of carbonyl (C=O) groups is 1. The minimum absolute atomic E-state index is 0.0406. The zero-order valence-corrected chi connectivity index (χ0v) is 24.1. The lowest BCUT2D eigenvalue weighted by Gasteiger charge is -2.41. The molecule has 224 valence electrons. The fourth-order valence-corrected chi connectivity index (χ4v) is 5.99. The number of hydrogen-bond donors (Lipinski definition) is 3. The van der Waals surface area contributed by atoms with Crippen molar-refractivity contribution < 1.29 is 48.2 Å². The van der Waals surface area contributed by atoms with Crippen LogP contribution in [0.25, 0.3) is 0 Å². The van der Waals surface area contributed by atoms with Crippen LogP contribution in [0.5, 0.6) is 40.2 Å². The molecule has 0 radical (unpaired) electrons. The minimum Gasteiger partial charge on any atom is -0.493 e. The number of para-hydroxylation sites is 1. The molecule has 1 amide bonds. The zero-order chi connectivity index (χ0) is 30.0. The number of aliphatic hydroxyl groups excluding tert-OH is 2. The van der Waals surface area contributed by atoms with Crippen LogP contribution in [0.3, 0.4) is 0 Å². The van der Waals surface area contributed by atoms with Crippen molar-refractivity contribution in [2.24, 2.45) is 11.8 Å². The number of fused-ring (bicyclic) bond motifs is 2. The van der Waals surface area contributed by atoms with Gasteiger partial charge in [0.25, 0.3) is 0 Å². The Balaban J connectivity index is 1.63. The molecule has 0 saturated carbocycles. The van der Waals surface area contributed by atoms with Crippen LogP contribution in [0.2, 0.25) is 0 Å². The van der Waals surface area contributed by atoms with Crippen molar-refractivity contribution in [3.63, 3.8) is 0 Å². The van der Waals surface area contributed by atoms with E-state index in [1.807, 2.05) is 6.07 Å². The van der Waals surface area contributed by atoms with Gasteiger partial charge in [0.05, 0.1) is 47.6 Å². The van der Waals surface area contributed by atoms with Crippen molar-refractivity contribution in [1.29, 1.82) is 0 Å². The summed E-state index contributed by atoms with van der Waals surface area (Å²) in [6, 6.07) is 12.5. The SMILES string of the molecule is COc1cccc(CNC(=O)[C@@H]2[C@H](c3cc(OC)c(OC)c(OC)c3)c3cc4c(cc3[C@H](O)[C@H]2CO)OCO4)c1OC. The first-order valence-electron chi connectivity index (χ1n) is 13.4. The first-order valence-corrected chi connectivity index (χ1v) is 13.4. The summed E-state index contributed by atoms with van der Waals surface area (Å²) in [5.74, 6) is 0.454. The van der Waals surface area contributed by atoms with E-state index in [0.29, 0.717) is 62.5 Å². The topological polar surface area (TPSA) is 134 Å². The van der Waals surface area contributed by atoms with E-state index in [-0.39, 0.29) is 19.2 Å². The summed E-state index contributed by atoms with van der Waals surface area (Å²) >= 11 is 0. The van der Waals surface area contributed by atoms with Gasteiger partial charge < -0.3 is 48.7 Å². The molecule has 3 aromatic rings. The van der Waals surface area contributed by atoms with Gasteiger partial charge in [-0.05, 0) is 47.0 Å². The highest BCUT2D eigenvalue weighted by Crippen LogP contribution is 2.53. The van der Waals surface area contributed by atoms with Crippen LogP contribution in [-0.2, 0) is 11.3 Å². The molecule has 11 heteroatoms. The van der Waals surface area contributed by atoms with Gasteiger partial charge in [-0.1, -0.05) is 12.1 Å². The Morgan fingerprint density at radius 1 is 0.857 bits per heavy atom. The maximum Gasteiger partial charge on any atom is 0.231 e. The Morgan fingerprint density at radius 2 is 1.48 bits per heavy atom. The van der Waals surface area contributed by atoms with E-state index in [4.69, 9.17) is 33.2 Å². The molecule has 0 aromatic heterocycles. The van der Waals surface area contributed by atoms with E-state index >= 15 is 0 Å². The number of nitrogens with one attached hydrogen (secondary N) is 1. The Kier molecular flexibility index (Phi) is 8.51. The van der Waals surface area contributed by atoms with E-state index in [9.17, 15) is 15.0 Å². The summed E-state index contributed by atoms with van der Waals surface area (Å²) in [6.45, 7) is -0.282. The average molecular weight is 582 g/mol. The lowest BCUT2D eigenvalue weighted by atomic mass is 9.64. The summed E-state index contributed by atoms with van der Waals surface area (Å²) in [7, 11) is 7.61. The van der Waals surface area contributed by atoms with E-state index in [1.54, 1.807) is 43.5 Å². The Morgan fingerprint density at radius 3 is 2.05 bits per heavy atom. The molecule has 5 rings (SSSR count). The number of methoxy groups -OCH3 is 5. The molecule has 0 bridgehead atoms. The van der Waals surface area contributed by atoms with E-state index < -0.39 is 30.5 Å². The van der Waals surface area contributed by atoms with Crippen LogP contribution in [0, 0.1) is 11.8 Å². The molecule has 0 fully saturated rings. The Hall–Kier alpha value is -4.35. The van der Waals surface area contributed by atoms with Crippen LogP contribution >= 0.6 is 0 Å². The highest BCUT2D eigenvalue weighted by atomic mass is 16.7. The van der Waals surface area contributed by atoms with Gasteiger partial charge in [0.15, 0.2) is 34.5 Å². The van der Waals surface area contributed by atoms with Gasteiger partial charge in [0.1, 0.15) is 0 Å². The summed E-state index contributed by atoms with van der Waals surface area (Å²) < 4.78 is 38.9. The Bertz CT molecular complexity index is 1430. The fourth-order valence-electron chi connectivity index (χ4n) is 5.99.